The minimum Gasteiger partial charge on any atom is -0.461 e. The van der Waals surface area contributed by atoms with Crippen molar-refractivity contribution in [2.75, 3.05) is 6.54 Å². The summed E-state index contributed by atoms with van der Waals surface area (Å²) < 4.78 is 5.07. The minimum absolute atomic E-state index is 0.480. The molecular weight excluding hydrogens is 152 g/mol. The molecule has 0 spiro atoms. The Balaban J connectivity index is 2.59. The fraction of sp³-hybridized carbons (Fsp3) is 0.444. The maximum atomic E-state index is 5.64. The van der Waals surface area contributed by atoms with Gasteiger partial charge >= 0.3 is 0 Å². The number of amidine groups is 1. The maximum Gasteiger partial charge on any atom is 0.168 e. The molecule has 0 aliphatic heterocycles. The summed E-state index contributed by atoms with van der Waals surface area (Å²) in [5, 5.41) is 0. The van der Waals surface area contributed by atoms with Crippen LogP contribution in [0.4, 0.5) is 0 Å². The van der Waals surface area contributed by atoms with Crippen LogP contribution < -0.4 is 5.73 Å². The van der Waals surface area contributed by atoms with Gasteiger partial charge in [-0.3, -0.25) is 4.99 Å². The molecule has 0 fully saturated rings. The van der Waals surface area contributed by atoms with E-state index in [-0.39, 0.29) is 0 Å². The molecular formula is C9H14N2O. The molecule has 0 saturated carbocycles. The Hall–Kier alpha value is -1.25. The van der Waals surface area contributed by atoms with Gasteiger partial charge in [0.05, 0.1) is 6.26 Å². The summed E-state index contributed by atoms with van der Waals surface area (Å²) in [6, 6.07) is 3.60. The van der Waals surface area contributed by atoms with Gasteiger partial charge in [0.25, 0.3) is 0 Å². The third-order valence-electron chi connectivity index (χ3n) is 1.40. The van der Waals surface area contributed by atoms with Crippen molar-refractivity contribution in [1.29, 1.82) is 0 Å². The normalized spacial score (nSPS) is 12.4. The summed E-state index contributed by atoms with van der Waals surface area (Å²) in [5.41, 5.74) is 5.64. The van der Waals surface area contributed by atoms with Gasteiger partial charge in [-0.05, 0) is 18.1 Å². The van der Waals surface area contributed by atoms with E-state index in [0.717, 1.165) is 6.54 Å². The van der Waals surface area contributed by atoms with Crippen molar-refractivity contribution in [2.45, 2.75) is 13.8 Å². The zero-order chi connectivity index (χ0) is 8.97. The first-order chi connectivity index (χ1) is 5.70. The number of nitrogens with zero attached hydrogens (tertiary/aromatic N) is 1. The second kappa shape index (κ2) is 3.95. The Morgan fingerprint density at radius 2 is 2.42 bits per heavy atom. The average Bonchev–Trinajstić information content (AvgIpc) is 2.51. The van der Waals surface area contributed by atoms with Crippen LogP contribution in [0.1, 0.15) is 19.6 Å². The zero-order valence-electron chi connectivity index (χ0n) is 7.45. The number of aliphatic imine (C=N–C) groups is 1. The Bertz CT molecular complexity index is 250. The number of hydrogen-bond donors (Lipinski definition) is 1. The third kappa shape index (κ3) is 2.42. The summed E-state index contributed by atoms with van der Waals surface area (Å²) in [7, 11) is 0. The molecule has 3 heteroatoms. The van der Waals surface area contributed by atoms with Gasteiger partial charge in [-0.25, -0.2) is 0 Å². The molecule has 0 aliphatic carbocycles. The predicted octanol–water partition coefficient (Wildman–Crippen LogP) is 1.64. The Labute approximate surface area is 72.3 Å². The van der Waals surface area contributed by atoms with Crippen LogP contribution in [0.5, 0.6) is 0 Å². The SMILES string of the molecule is CC(C)CN=C(N)c1ccco1. The van der Waals surface area contributed by atoms with Crippen molar-refractivity contribution in [3.63, 3.8) is 0 Å². The zero-order valence-corrected chi connectivity index (χ0v) is 7.45. The van der Waals surface area contributed by atoms with E-state index in [4.69, 9.17) is 10.2 Å². The first-order valence-corrected chi connectivity index (χ1v) is 4.04. The van der Waals surface area contributed by atoms with Crippen molar-refractivity contribution in [1.82, 2.24) is 0 Å². The highest BCUT2D eigenvalue weighted by Crippen LogP contribution is 2.00. The molecule has 0 radical (unpaired) electrons. The van der Waals surface area contributed by atoms with Crippen molar-refractivity contribution < 1.29 is 4.42 Å². The van der Waals surface area contributed by atoms with Crippen molar-refractivity contribution in [3.8, 4) is 0 Å². The van der Waals surface area contributed by atoms with E-state index in [1.807, 2.05) is 0 Å². The van der Waals surface area contributed by atoms with Crippen LogP contribution >= 0.6 is 0 Å². The Morgan fingerprint density at radius 1 is 1.67 bits per heavy atom. The van der Waals surface area contributed by atoms with Crippen LogP contribution in [0, 0.1) is 5.92 Å². The molecule has 0 aromatic carbocycles. The molecule has 0 amide bonds. The maximum absolute atomic E-state index is 5.64. The molecule has 1 aromatic rings. The van der Waals surface area contributed by atoms with E-state index < -0.39 is 0 Å². The van der Waals surface area contributed by atoms with Crippen molar-refractivity contribution in [2.24, 2.45) is 16.6 Å². The van der Waals surface area contributed by atoms with E-state index >= 15 is 0 Å². The van der Waals surface area contributed by atoms with Crippen LogP contribution in [0.25, 0.3) is 0 Å². The van der Waals surface area contributed by atoms with Gasteiger partial charge < -0.3 is 10.2 Å². The van der Waals surface area contributed by atoms with Gasteiger partial charge in [-0.1, -0.05) is 13.8 Å². The third-order valence-corrected chi connectivity index (χ3v) is 1.40. The molecule has 3 nitrogen and oxygen atoms in total. The first-order valence-electron chi connectivity index (χ1n) is 4.04. The highest BCUT2D eigenvalue weighted by Gasteiger charge is 2.00. The van der Waals surface area contributed by atoms with Gasteiger partial charge in [0.1, 0.15) is 0 Å². The second-order valence-electron chi connectivity index (χ2n) is 3.10. The highest BCUT2D eigenvalue weighted by atomic mass is 16.3. The first kappa shape index (κ1) is 8.84. The van der Waals surface area contributed by atoms with Gasteiger partial charge in [-0.15, -0.1) is 0 Å². The molecule has 0 unspecified atom stereocenters. The summed E-state index contributed by atoms with van der Waals surface area (Å²) in [6.07, 6.45) is 1.59. The van der Waals surface area contributed by atoms with E-state index in [0.29, 0.717) is 17.5 Å². The van der Waals surface area contributed by atoms with Crippen molar-refractivity contribution >= 4 is 5.84 Å². The van der Waals surface area contributed by atoms with Crippen LogP contribution in [0.2, 0.25) is 0 Å². The molecule has 1 aromatic heterocycles. The molecule has 1 heterocycles. The average molecular weight is 166 g/mol. The standard InChI is InChI=1S/C9H14N2O/c1-7(2)6-11-9(10)8-4-3-5-12-8/h3-5,7H,6H2,1-2H3,(H2,10,11). The number of hydrogen-bond acceptors (Lipinski definition) is 2. The largest absolute Gasteiger partial charge is 0.461 e. The van der Waals surface area contributed by atoms with Crippen LogP contribution in [0.3, 0.4) is 0 Å². The summed E-state index contributed by atoms with van der Waals surface area (Å²) >= 11 is 0. The molecule has 1 rings (SSSR count). The molecule has 0 saturated heterocycles. The fourth-order valence-electron chi connectivity index (χ4n) is 0.783. The summed E-state index contributed by atoms with van der Waals surface area (Å²) in [4.78, 5) is 4.17. The van der Waals surface area contributed by atoms with Gasteiger partial charge in [-0.2, -0.15) is 0 Å². The number of furan rings is 1. The van der Waals surface area contributed by atoms with Crippen LogP contribution in [0.15, 0.2) is 27.8 Å². The Morgan fingerprint density at radius 3 is 2.92 bits per heavy atom. The fourth-order valence-corrected chi connectivity index (χ4v) is 0.783. The molecule has 66 valence electrons. The van der Waals surface area contributed by atoms with Gasteiger partial charge in [0.2, 0.25) is 0 Å². The lowest BCUT2D eigenvalue weighted by molar-refractivity contribution is 0.555. The minimum atomic E-state index is 0.480. The van der Waals surface area contributed by atoms with Crippen LogP contribution in [-0.4, -0.2) is 12.4 Å². The lowest BCUT2D eigenvalue weighted by Gasteiger charge is -1.99. The lowest BCUT2D eigenvalue weighted by atomic mass is 10.2. The summed E-state index contributed by atoms with van der Waals surface area (Å²) in [6.45, 7) is 4.93. The van der Waals surface area contributed by atoms with Crippen LogP contribution in [-0.2, 0) is 0 Å². The second-order valence-corrected chi connectivity index (χ2v) is 3.10. The van der Waals surface area contributed by atoms with E-state index in [1.165, 1.54) is 0 Å². The smallest absolute Gasteiger partial charge is 0.168 e. The summed E-state index contributed by atoms with van der Waals surface area (Å²) in [5.74, 6) is 1.66. The highest BCUT2D eigenvalue weighted by molar-refractivity contribution is 5.94. The number of nitrogens with two attached hydrogens (primary N) is 1. The van der Waals surface area contributed by atoms with E-state index in [2.05, 4.69) is 18.8 Å². The Kier molecular flexibility index (Phi) is 2.91. The molecule has 12 heavy (non-hydrogen) atoms. The molecule has 0 atom stereocenters. The molecule has 0 bridgehead atoms. The van der Waals surface area contributed by atoms with Gasteiger partial charge in [0, 0.05) is 6.54 Å². The molecule has 2 N–H and O–H groups in total. The monoisotopic (exact) mass is 166 g/mol. The predicted molar refractivity (Wildman–Crippen MR) is 49.1 cm³/mol. The quantitative estimate of drug-likeness (QED) is 0.548. The van der Waals surface area contributed by atoms with E-state index in [9.17, 15) is 0 Å². The molecule has 0 aliphatic rings. The topological polar surface area (TPSA) is 51.5 Å². The van der Waals surface area contributed by atoms with E-state index in [1.54, 1.807) is 18.4 Å². The number of rotatable bonds is 3. The van der Waals surface area contributed by atoms with Crippen molar-refractivity contribution in [3.05, 3.63) is 24.2 Å². The lowest BCUT2D eigenvalue weighted by Crippen LogP contribution is -2.13. The van der Waals surface area contributed by atoms with Gasteiger partial charge in [0.15, 0.2) is 11.6 Å².